The first-order valence-electron chi connectivity index (χ1n) is 3.28. The maximum absolute atomic E-state index is 8.26. The fourth-order valence-corrected chi connectivity index (χ4v) is 1.08. The Morgan fingerprint density at radius 2 is 2.25 bits per heavy atom. The second-order valence-corrected chi connectivity index (χ2v) is 2.61. The minimum Gasteiger partial charge on any atom is -0.497 e. The Balaban J connectivity index is 3.06. The molecule has 4 heteroatoms. The van der Waals surface area contributed by atoms with Crippen molar-refractivity contribution in [1.29, 1.82) is 0 Å². The topological polar surface area (TPSA) is 41.8 Å². The van der Waals surface area contributed by atoms with Crippen LogP contribution in [-0.4, -0.2) is 18.5 Å². The van der Waals surface area contributed by atoms with E-state index in [0.29, 0.717) is 16.3 Å². The van der Waals surface area contributed by atoms with Gasteiger partial charge in [0.05, 0.1) is 13.3 Å². The Labute approximate surface area is 75.2 Å². The van der Waals surface area contributed by atoms with E-state index >= 15 is 0 Å². The number of hydrogen-bond donors (Lipinski definition) is 1. The summed E-state index contributed by atoms with van der Waals surface area (Å²) < 4.78 is 4.95. The number of benzene rings is 1. The van der Waals surface area contributed by atoms with Crippen LogP contribution >= 0.6 is 11.6 Å². The lowest BCUT2D eigenvalue weighted by atomic mass is 10.2. The predicted molar refractivity (Wildman–Crippen MR) is 47.4 cm³/mol. The Bertz CT molecular complexity index is 299. The molecule has 0 aliphatic rings. The summed E-state index contributed by atoms with van der Waals surface area (Å²) in [6.07, 6.45) is 1.29. The monoisotopic (exact) mass is 185 g/mol. The van der Waals surface area contributed by atoms with Crippen LogP contribution in [0.5, 0.6) is 5.75 Å². The molecule has 3 nitrogen and oxygen atoms in total. The van der Waals surface area contributed by atoms with Crippen molar-refractivity contribution < 1.29 is 9.94 Å². The molecule has 0 saturated heterocycles. The van der Waals surface area contributed by atoms with Crippen LogP contribution in [0.4, 0.5) is 0 Å². The van der Waals surface area contributed by atoms with Crippen molar-refractivity contribution >= 4 is 17.8 Å². The Kier molecular flexibility index (Phi) is 2.94. The van der Waals surface area contributed by atoms with Crippen molar-refractivity contribution in [3.8, 4) is 5.75 Å². The van der Waals surface area contributed by atoms with E-state index in [1.54, 1.807) is 25.3 Å². The zero-order chi connectivity index (χ0) is 8.97. The highest BCUT2D eigenvalue weighted by Gasteiger charge is 1.96. The van der Waals surface area contributed by atoms with E-state index < -0.39 is 0 Å². The quantitative estimate of drug-likeness (QED) is 0.436. The molecule has 0 aliphatic heterocycles. The number of ether oxygens (including phenoxy) is 1. The normalized spacial score (nSPS) is 10.5. The minimum absolute atomic E-state index is 0.546. The molecule has 0 radical (unpaired) electrons. The fourth-order valence-electron chi connectivity index (χ4n) is 0.843. The lowest BCUT2D eigenvalue weighted by molar-refractivity contribution is 0.322. The Hall–Kier alpha value is -1.22. The van der Waals surface area contributed by atoms with Gasteiger partial charge >= 0.3 is 0 Å². The largest absolute Gasteiger partial charge is 0.497 e. The van der Waals surface area contributed by atoms with Gasteiger partial charge in [-0.1, -0.05) is 16.8 Å². The maximum atomic E-state index is 8.26. The molecule has 0 aliphatic carbocycles. The van der Waals surface area contributed by atoms with Gasteiger partial charge < -0.3 is 9.94 Å². The van der Waals surface area contributed by atoms with Crippen LogP contribution < -0.4 is 4.74 Å². The van der Waals surface area contributed by atoms with E-state index in [-0.39, 0.29) is 0 Å². The average molecular weight is 186 g/mol. The van der Waals surface area contributed by atoms with Gasteiger partial charge in [0.15, 0.2) is 0 Å². The SMILES string of the molecule is COc1cc(Cl)cc(C=NO)c1. The minimum atomic E-state index is 0.546. The fraction of sp³-hybridized carbons (Fsp3) is 0.125. The number of methoxy groups -OCH3 is 1. The molecule has 0 heterocycles. The molecular weight excluding hydrogens is 178 g/mol. The van der Waals surface area contributed by atoms with Crippen molar-refractivity contribution in [2.24, 2.45) is 5.16 Å². The summed E-state index contributed by atoms with van der Waals surface area (Å²) in [6, 6.07) is 5.06. The average Bonchev–Trinajstić information content (AvgIpc) is 2.04. The number of hydrogen-bond acceptors (Lipinski definition) is 3. The predicted octanol–water partition coefficient (Wildman–Crippen LogP) is 2.16. The lowest BCUT2D eigenvalue weighted by Crippen LogP contribution is -1.86. The molecule has 0 atom stereocenters. The molecule has 0 fully saturated rings. The van der Waals surface area contributed by atoms with Gasteiger partial charge in [-0.2, -0.15) is 0 Å². The zero-order valence-electron chi connectivity index (χ0n) is 6.49. The summed E-state index contributed by atoms with van der Waals surface area (Å²) >= 11 is 5.74. The van der Waals surface area contributed by atoms with Crippen LogP contribution in [0.15, 0.2) is 23.4 Å². The molecule has 0 spiro atoms. The molecule has 12 heavy (non-hydrogen) atoms. The van der Waals surface area contributed by atoms with E-state index in [0.717, 1.165) is 0 Å². The summed E-state index contributed by atoms with van der Waals surface area (Å²) in [6.45, 7) is 0. The Morgan fingerprint density at radius 3 is 2.83 bits per heavy atom. The highest BCUT2D eigenvalue weighted by molar-refractivity contribution is 6.31. The van der Waals surface area contributed by atoms with Gasteiger partial charge in [-0.25, -0.2) is 0 Å². The second-order valence-electron chi connectivity index (χ2n) is 2.17. The summed E-state index contributed by atoms with van der Waals surface area (Å²) in [4.78, 5) is 0. The smallest absolute Gasteiger partial charge is 0.121 e. The van der Waals surface area contributed by atoms with Gasteiger partial charge in [-0.15, -0.1) is 0 Å². The van der Waals surface area contributed by atoms with E-state index in [2.05, 4.69) is 5.16 Å². The van der Waals surface area contributed by atoms with Gasteiger partial charge in [0.2, 0.25) is 0 Å². The van der Waals surface area contributed by atoms with Crippen molar-refractivity contribution in [2.45, 2.75) is 0 Å². The van der Waals surface area contributed by atoms with Crippen molar-refractivity contribution in [3.63, 3.8) is 0 Å². The van der Waals surface area contributed by atoms with Crippen LogP contribution in [0.2, 0.25) is 5.02 Å². The Morgan fingerprint density at radius 1 is 1.50 bits per heavy atom. The van der Waals surface area contributed by atoms with Crippen molar-refractivity contribution in [2.75, 3.05) is 7.11 Å². The molecule has 1 N–H and O–H groups in total. The molecule has 0 amide bonds. The van der Waals surface area contributed by atoms with E-state index in [4.69, 9.17) is 21.5 Å². The standard InChI is InChI=1S/C8H8ClNO2/c1-12-8-3-6(5-10-11)2-7(9)4-8/h2-5,11H,1H3. The second kappa shape index (κ2) is 3.97. The summed E-state index contributed by atoms with van der Waals surface area (Å²) in [5.74, 6) is 0.636. The highest BCUT2D eigenvalue weighted by atomic mass is 35.5. The molecule has 0 aromatic heterocycles. The third-order valence-corrected chi connectivity index (χ3v) is 1.55. The molecule has 1 aromatic carbocycles. The van der Waals surface area contributed by atoms with Crippen LogP contribution in [0.25, 0.3) is 0 Å². The molecule has 0 saturated carbocycles. The van der Waals surface area contributed by atoms with Gasteiger partial charge in [0.25, 0.3) is 0 Å². The molecular formula is C8H8ClNO2. The van der Waals surface area contributed by atoms with Gasteiger partial charge in [-0.05, 0) is 18.2 Å². The molecule has 0 unspecified atom stereocenters. The van der Waals surface area contributed by atoms with E-state index in [9.17, 15) is 0 Å². The summed E-state index contributed by atoms with van der Waals surface area (Å²) in [7, 11) is 1.55. The van der Waals surface area contributed by atoms with E-state index in [1.807, 2.05) is 0 Å². The molecule has 1 rings (SSSR count). The first-order chi connectivity index (χ1) is 5.76. The van der Waals surface area contributed by atoms with Crippen molar-refractivity contribution in [3.05, 3.63) is 28.8 Å². The zero-order valence-corrected chi connectivity index (χ0v) is 7.25. The molecule has 0 bridgehead atoms. The first-order valence-corrected chi connectivity index (χ1v) is 3.66. The number of nitrogens with zero attached hydrogens (tertiary/aromatic N) is 1. The van der Waals surface area contributed by atoms with Crippen LogP contribution in [-0.2, 0) is 0 Å². The summed E-state index contributed by atoms with van der Waals surface area (Å²) in [5, 5.41) is 11.7. The maximum Gasteiger partial charge on any atom is 0.121 e. The summed E-state index contributed by atoms with van der Waals surface area (Å²) in [5.41, 5.74) is 0.696. The number of halogens is 1. The van der Waals surface area contributed by atoms with Gasteiger partial charge in [0, 0.05) is 10.6 Å². The highest BCUT2D eigenvalue weighted by Crippen LogP contribution is 2.19. The van der Waals surface area contributed by atoms with Gasteiger partial charge in [0.1, 0.15) is 5.75 Å². The third kappa shape index (κ3) is 2.13. The van der Waals surface area contributed by atoms with Crippen LogP contribution in [0.3, 0.4) is 0 Å². The number of oxime groups is 1. The van der Waals surface area contributed by atoms with Crippen LogP contribution in [0, 0.1) is 0 Å². The van der Waals surface area contributed by atoms with Crippen molar-refractivity contribution in [1.82, 2.24) is 0 Å². The molecule has 1 aromatic rings. The lowest BCUT2D eigenvalue weighted by Gasteiger charge is -2.00. The third-order valence-electron chi connectivity index (χ3n) is 1.34. The van der Waals surface area contributed by atoms with E-state index in [1.165, 1.54) is 6.21 Å². The van der Waals surface area contributed by atoms with Gasteiger partial charge in [-0.3, -0.25) is 0 Å². The molecule has 64 valence electrons. The first kappa shape index (κ1) is 8.87. The van der Waals surface area contributed by atoms with Crippen LogP contribution in [0.1, 0.15) is 5.56 Å². The number of rotatable bonds is 2.